The number of rotatable bonds is 3. The van der Waals surface area contributed by atoms with Crippen molar-refractivity contribution in [2.24, 2.45) is 0 Å². The molecule has 0 aliphatic rings. The summed E-state index contributed by atoms with van der Waals surface area (Å²) in [7, 11) is 0. The minimum absolute atomic E-state index is 0.109. The SMILES string of the molecule is O=c1c(-c2ccccc2)c(O)[n+](Cn2nnc3ccccc32)c2ccccn12. The quantitative estimate of drug-likeness (QED) is 0.494. The van der Waals surface area contributed by atoms with E-state index in [9.17, 15) is 9.90 Å². The summed E-state index contributed by atoms with van der Waals surface area (Å²) < 4.78 is 4.88. The van der Waals surface area contributed by atoms with E-state index in [1.807, 2.05) is 48.5 Å². The van der Waals surface area contributed by atoms with Gasteiger partial charge in [-0.2, -0.15) is 8.97 Å². The second kappa shape index (κ2) is 6.31. The van der Waals surface area contributed by atoms with Crippen molar-refractivity contribution in [1.82, 2.24) is 19.4 Å². The number of para-hydroxylation sites is 1. The number of nitrogens with zero attached hydrogens (tertiary/aromatic N) is 5. The van der Waals surface area contributed by atoms with Crippen molar-refractivity contribution in [3.63, 3.8) is 0 Å². The molecule has 0 saturated carbocycles. The molecular formula is C21H16N5O2+. The van der Waals surface area contributed by atoms with Crippen LogP contribution in [0.2, 0.25) is 0 Å². The number of aromatic nitrogens is 5. The molecule has 0 aliphatic carbocycles. The van der Waals surface area contributed by atoms with Crippen LogP contribution < -0.4 is 10.1 Å². The molecule has 0 fully saturated rings. The first-order valence-corrected chi connectivity index (χ1v) is 8.84. The van der Waals surface area contributed by atoms with E-state index in [1.54, 1.807) is 39.7 Å². The Hall–Kier alpha value is -4.00. The van der Waals surface area contributed by atoms with Crippen LogP contribution in [0, 0.1) is 0 Å². The predicted molar refractivity (Wildman–Crippen MR) is 104 cm³/mol. The van der Waals surface area contributed by atoms with Crippen molar-refractivity contribution < 1.29 is 9.67 Å². The average molecular weight is 370 g/mol. The molecule has 136 valence electrons. The Labute approximate surface area is 159 Å². The summed E-state index contributed by atoms with van der Waals surface area (Å²) in [4.78, 5) is 13.1. The molecule has 0 aliphatic heterocycles. The molecule has 3 aromatic heterocycles. The molecule has 0 saturated heterocycles. The van der Waals surface area contributed by atoms with Crippen molar-refractivity contribution in [3.8, 4) is 17.0 Å². The van der Waals surface area contributed by atoms with Gasteiger partial charge in [0.25, 0.3) is 11.5 Å². The van der Waals surface area contributed by atoms with Crippen molar-refractivity contribution >= 4 is 16.7 Å². The van der Waals surface area contributed by atoms with E-state index in [-0.39, 0.29) is 23.7 Å². The highest BCUT2D eigenvalue weighted by Crippen LogP contribution is 2.23. The maximum Gasteiger partial charge on any atom is 0.354 e. The maximum atomic E-state index is 13.1. The van der Waals surface area contributed by atoms with Gasteiger partial charge in [0.05, 0.1) is 11.7 Å². The van der Waals surface area contributed by atoms with Crippen LogP contribution in [0.15, 0.2) is 83.8 Å². The molecule has 5 aromatic rings. The Morgan fingerprint density at radius 3 is 2.54 bits per heavy atom. The van der Waals surface area contributed by atoms with E-state index in [2.05, 4.69) is 10.3 Å². The molecule has 7 heteroatoms. The molecule has 0 atom stereocenters. The van der Waals surface area contributed by atoms with E-state index >= 15 is 0 Å². The lowest BCUT2D eigenvalue weighted by Crippen LogP contribution is -2.43. The van der Waals surface area contributed by atoms with Gasteiger partial charge in [0.2, 0.25) is 0 Å². The molecular weight excluding hydrogens is 354 g/mol. The third-order valence-electron chi connectivity index (χ3n) is 4.78. The molecule has 0 bridgehead atoms. The van der Waals surface area contributed by atoms with E-state index < -0.39 is 0 Å². The summed E-state index contributed by atoms with van der Waals surface area (Å²) >= 11 is 0. The van der Waals surface area contributed by atoms with Crippen LogP contribution in [-0.2, 0) is 6.67 Å². The lowest BCUT2D eigenvalue weighted by Gasteiger charge is -2.10. The molecule has 1 N–H and O–H groups in total. The van der Waals surface area contributed by atoms with E-state index in [4.69, 9.17) is 0 Å². The fourth-order valence-electron chi connectivity index (χ4n) is 3.44. The molecule has 0 radical (unpaired) electrons. The van der Waals surface area contributed by atoms with Gasteiger partial charge in [-0.25, -0.2) is 9.48 Å². The van der Waals surface area contributed by atoms with Crippen molar-refractivity contribution in [2.45, 2.75) is 6.67 Å². The van der Waals surface area contributed by atoms with Gasteiger partial charge in [-0.3, -0.25) is 0 Å². The fraction of sp³-hybridized carbons (Fsp3) is 0.0476. The van der Waals surface area contributed by atoms with Gasteiger partial charge in [-0.05, 0) is 23.8 Å². The summed E-state index contributed by atoms with van der Waals surface area (Å²) in [6, 6.07) is 22.2. The Kier molecular flexibility index (Phi) is 3.65. The fourth-order valence-corrected chi connectivity index (χ4v) is 3.44. The van der Waals surface area contributed by atoms with Crippen LogP contribution in [0.3, 0.4) is 0 Å². The minimum Gasteiger partial charge on any atom is -0.477 e. The largest absolute Gasteiger partial charge is 0.477 e. The Bertz CT molecular complexity index is 1370. The summed E-state index contributed by atoms with van der Waals surface area (Å²) in [5.74, 6) is -0.109. The average Bonchev–Trinajstić information content (AvgIpc) is 3.15. The van der Waals surface area contributed by atoms with Crippen LogP contribution in [0.4, 0.5) is 0 Å². The summed E-state index contributed by atoms with van der Waals surface area (Å²) in [6.07, 6.45) is 1.69. The monoisotopic (exact) mass is 370 g/mol. The topological polar surface area (TPSA) is 76.3 Å². The van der Waals surface area contributed by atoms with Crippen LogP contribution in [0.5, 0.6) is 5.88 Å². The molecule has 3 heterocycles. The molecule has 7 nitrogen and oxygen atoms in total. The molecule has 2 aromatic carbocycles. The van der Waals surface area contributed by atoms with Gasteiger partial charge in [-0.1, -0.05) is 53.7 Å². The number of pyridine rings is 1. The van der Waals surface area contributed by atoms with E-state index in [1.165, 1.54) is 4.40 Å². The third-order valence-corrected chi connectivity index (χ3v) is 4.78. The number of hydrogen-bond acceptors (Lipinski definition) is 4. The third kappa shape index (κ3) is 2.44. The van der Waals surface area contributed by atoms with Gasteiger partial charge in [0, 0.05) is 6.07 Å². The lowest BCUT2D eigenvalue weighted by atomic mass is 10.1. The number of hydrogen-bond donors (Lipinski definition) is 1. The standard InChI is InChI=1S/C21H15N5O2/c27-20-19(15-8-2-1-3-9-15)21(28)25(18-12-6-7-13-24(18)20)14-26-17-11-5-4-10-16(17)22-23-26/h1-13H,14H2/p+1. The first-order chi connectivity index (χ1) is 13.7. The first-order valence-electron chi connectivity index (χ1n) is 8.84. The number of aromatic hydroxyl groups is 1. The lowest BCUT2D eigenvalue weighted by molar-refractivity contribution is -0.685. The Balaban J connectivity index is 1.80. The molecule has 0 amide bonds. The summed E-state index contributed by atoms with van der Waals surface area (Å²) in [5, 5.41) is 19.5. The first kappa shape index (κ1) is 16.2. The van der Waals surface area contributed by atoms with Gasteiger partial charge < -0.3 is 5.11 Å². The normalized spacial score (nSPS) is 11.3. The zero-order valence-electron chi connectivity index (χ0n) is 14.8. The van der Waals surface area contributed by atoms with E-state index in [0.29, 0.717) is 11.2 Å². The van der Waals surface area contributed by atoms with Gasteiger partial charge in [0.1, 0.15) is 5.52 Å². The Morgan fingerprint density at radius 1 is 0.929 bits per heavy atom. The predicted octanol–water partition coefficient (Wildman–Crippen LogP) is 2.21. The molecule has 5 rings (SSSR count). The highest BCUT2D eigenvalue weighted by molar-refractivity contribution is 5.73. The minimum atomic E-state index is -0.279. The highest BCUT2D eigenvalue weighted by atomic mass is 16.3. The zero-order valence-corrected chi connectivity index (χ0v) is 14.8. The molecule has 0 unspecified atom stereocenters. The van der Waals surface area contributed by atoms with Crippen LogP contribution in [0.25, 0.3) is 27.8 Å². The van der Waals surface area contributed by atoms with Crippen molar-refractivity contribution in [2.75, 3.05) is 0 Å². The second-order valence-electron chi connectivity index (χ2n) is 6.45. The van der Waals surface area contributed by atoms with Gasteiger partial charge in [-0.15, -0.1) is 5.10 Å². The molecule has 0 spiro atoms. The smallest absolute Gasteiger partial charge is 0.354 e. The second-order valence-corrected chi connectivity index (χ2v) is 6.45. The van der Waals surface area contributed by atoms with Crippen LogP contribution in [0.1, 0.15) is 0 Å². The number of benzene rings is 2. The van der Waals surface area contributed by atoms with Crippen LogP contribution in [-0.4, -0.2) is 24.5 Å². The number of fused-ring (bicyclic) bond motifs is 2. The summed E-state index contributed by atoms with van der Waals surface area (Å²) in [5.41, 5.74) is 2.79. The van der Waals surface area contributed by atoms with E-state index in [0.717, 1.165) is 11.0 Å². The van der Waals surface area contributed by atoms with Crippen LogP contribution >= 0.6 is 0 Å². The summed E-state index contributed by atoms with van der Waals surface area (Å²) in [6.45, 7) is 0.208. The van der Waals surface area contributed by atoms with Gasteiger partial charge >= 0.3 is 5.56 Å². The van der Waals surface area contributed by atoms with Crippen molar-refractivity contribution in [3.05, 3.63) is 89.3 Å². The zero-order chi connectivity index (χ0) is 19.1. The maximum absolute atomic E-state index is 13.1. The molecule has 28 heavy (non-hydrogen) atoms. The Morgan fingerprint density at radius 2 is 1.68 bits per heavy atom. The van der Waals surface area contributed by atoms with Crippen molar-refractivity contribution in [1.29, 1.82) is 0 Å². The van der Waals surface area contributed by atoms with Gasteiger partial charge in [0.15, 0.2) is 12.2 Å². The highest BCUT2D eigenvalue weighted by Gasteiger charge is 2.25.